The van der Waals surface area contributed by atoms with E-state index in [9.17, 15) is 13.6 Å². The summed E-state index contributed by atoms with van der Waals surface area (Å²) in [7, 11) is 1.97. The summed E-state index contributed by atoms with van der Waals surface area (Å²) in [6.45, 7) is 4.01. The Morgan fingerprint density at radius 2 is 1.79 bits per heavy atom. The van der Waals surface area contributed by atoms with Crippen LogP contribution >= 0.6 is 0 Å². The monoisotopic (exact) mass is 461 g/mol. The Kier molecular flexibility index (Phi) is 6.77. The number of halogens is 2. The maximum Gasteiger partial charge on any atom is 0.270 e. The van der Waals surface area contributed by atoms with Crippen molar-refractivity contribution in [3.63, 3.8) is 0 Å². The zero-order valence-corrected chi connectivity index (χ0v) is 19.8. The molecule has 0 bridgehead atoms. The summed E-state index contributed by atoms with van der Waals surface area (Å²) in [6.07, 6.45) is 2.65. The molecule has 0 fully saturated rings. The van der Waals surface area contributed by atoms with Gasteiger partial charge < -0.3 is 9.47 Å². The normalized spacial score (nSPS) is 11.7. The van der Waals surface area contributed by atoms with E-state index in [1.807, 2.05) is 17.7 Å². The summed E-state index contributed by atoms with van der Waals surface area (Å²) in [4.78, 5) is 18.1. The van der Waals surface area contributed by atoms with Crippen molar-refractivity contribution in [2.24, 2.45) is 0 Å². The van der Waals surface area contributed by atoms with E-state index in [1.54, 1.807) is 30.3 Å². The Bertz CT molecular complexity index is 1290. The molecule has 3 aromatic carbocycles. The van der Waals surface area contributed by atoms with Gasteiger partial charge in [-0.2, -0.15) is 0 Å². The quantitative estimate of drug-likeness (QED) is 0.271. The molecule has 0 aliphatic heterocycles. The molecular weight excluding hydrogens is 432 g/mol. The second kappa shape index (κ2) is 9.75. The molecule has 0 amide bonds. The molecule has 0 unspecified atom stereocenters. The highest BCUT2D eigenvalue weighted by atomic mass is 19.3. The molecule has 0 saturated heterocycles. The number of carbonyl (C=O) groups is 1. The average Bonchev–Trinajstić information content (AvgIpc) is 3.17. The largest absolute Gasteiger partial charge is 0.345 e. The van der Waals surface area contributed by atoms with Gasteiger partial charge in [-0.05, 0) is 49.1 Å². The lowest BCUT2D eigenvalue weighted by Crippen LogP contribution is -2.24. The highest BCUT2D eigenvalue weighted by molar-refractivity contribution is 5.86. The summed E-state index contributed by atoms with van der Waals surface area (Å²) in [5.41, 5.74) is 5.08. The highest BCUT2D eigenvalue weighted by Gasteiger charge is 2.28. The van der Waals surface area contributed by atoms with Crippen LogP contribution in [0.15, 0.2) is 66.7 Å². The number of hydrogen-bond donors (Lipinski definition) is 0. The molecular formula is C28H29F2N3O. The lowest BCUT2D eigenvalue weighted by atomic mass is 10.0. The van der Waals surface area contributed by atoms with Crippen molar-refractivity contribution in [3.8, 4) is 0 Å². The number of carbonyl (C=O) groups excluding carboxylic acids is 1. The van der Waals surface area contributed by atoms with Crippen molar-refractivity contribution < 1.29 is 13.6 Å². The van der Waals surface area contributed by atoms with Crippen LogP contribution in [0, 0.1) is 6.92 Å². The molecule has 0 atom stereocenters. The Morgan fingerprint density at radius 3 is 2.50 bits per heavy atom. The van der Waals surface area contributed by atoms with E-state index < -0.39 is 5.92 Å². The van der Waals surface area contributed by atoms with Crippen molar-refractivity contribution in [1.82, 2.24) is 9.55 Å². The van der Waals surface area contributed by atoms with Crippen LogP contribution in [0.1, 0.15) is 46.0 Å². The summed E-state index contributed by atoms with van der Waals surface area (Å²) < 4.78 is 30.5. The predicted molar refractivity (Wildman–Crippen MR) is 133 cm³/mol. The van der Waals surface area contributed by atoms with E-state index in [4.69, 9.17) is 4.98 Å². The van der Waals surface area contributed by atoms with Gasteiger partial charge in [0.2, 0.25) is 5.95 Å². The van der Waals surface area contributed by atoms with E-state index in [1.165, 1.54) is 17.2 Å². The summed E-state index contributed by atoms with van der Waals surface area (Å²) >= 11 is 0. The summed E-state index contributed by atoms with van der Waals surface area (Å²) in [6, 6.07) is 20.5. The lowest BCUT2D eigenvalue weighted by molar-refractivity contribution is 0.0165. The fourth-order valence-corrected chi connectivity index (χ4v) is 4.29. The number of anilines is 1. The van der Waals surface area contributed by atoms with Gasteiger partial charge in [0.25, 0.3) is 5.92 Å². The van der Waals surface area contributed by atoms with Crippen LogP contribution in [0.25, 0.3) is 11.0 Å². The van der Waals surface area contributed by atoms with Crippen LogP contribution in [0.4, 0.5) is 14.7 Å². The van der Waals surface area contributed by atoms with Gasteiger partial charge >= 0.3 is 0 Å². The molecule has 4 rings (SSSR count). The third-order valence-electron chi connectivity index (χ3n) is 6.13. The maximum atomic E-state index is 14.3. The SMILES string of the molecule is Cc1ccc(CCCN(C)c2nc3cc(C=O)ccc3n2Cc2ccccc2C(C)(F)F)cc1. The molecule has 0 aliphatic rings. The fraction of sp³-hybridized carbons (Fsp3) is 0.286. The third-order valence-corrected chi connectivity index (χ3v) is 6.13. The number of hydrogen-bond acceptors (Lipinski definition) is 3. The van der Waals surface area contributed by atoms with Crippen molar-refractivity contribution in [3.05, 3.63) is 94.5 Å². The van der Waals surface area contributed by atoms with Crippen molar-refractivity contribution in [1.29, 1.82) is 0 Å². The van der Waals surface area contributed by atoms with Crippen LogP contribution in [0.5, 0.6) is 0 Å². The standard InChI is InChI=1S/C28H29F2N3O/c1-20-10-12-21(13-11-20)7-6-16-32(3)27-31-25-17-22(19-34)14-15-26(25)33(27)18-23-8-4-5-9-24(23)28(2,29)30/h4-5,8-15,17,19H,6-7,16,18H2,1-3H3. The van der Waals surface area contributed by atoms with E-state index in [2.05, 4.69) is 36.1 Å². The number of nitrogens with zero attached hydrogens (tertiary/aromatic N) is 3. The molecule has 4 aromatic rings. The molecule has 0 spiro atoms. The smallest absolute Gasteiger partial charge is 0.270 e. The minimum Gasteiger partial charge on any atom is -0.345 e. The number of rotatable bonds is 9. The van der Waals surface area contributed by atoms with E-state index in [0.29, 0.717) is 22.6 Å². The Hall–Kier alpha value is -3.54. The molecule has 0 radical (unpaired) electrons. The molecule has 1 aromatic heterocycles. The number of benzene rings is 3. The zero-order valence-electron chi connectivity index (χ0n) is 19.8. The number of aryl methyl sites for hydroxylation is 2. The van der Waals surface area contributed by atoms with Crippen LogP contribution in [0.3, 0.4) is 0 Å². The second-order valence-electron chi connectivity index (χ2n) is 8.92. The minimum atomic E-state index is -2.95. The van der Waals surface area contributed by atoms with Crippen LogP contribution < -0.4 is 4.90 Å². The van der Waals surface area contributed by atoms with Gasteiger partial charge in [-0.25, -0.2) is 13.8 Å². The molecule has 0 saturated carbocycles. The molecule has 6 heteroatoms. The second-order valence-corrected chi connectivity index (χ2v) is 8.92. The molecule has 4 nitrogen and oxygen atoms in total. The summed E-state index contributed by atoms with van der Waals surface area (Å²) in [5, 5.41) is 0. The Balaban J connectivity index is 1.65. The van der Waals surface area contributed by atoms with Crippen LogP contribution in [0.2, 0.25) is 0 Å². The molecule has 176 valence electrons. The van der Waals surface area contributed by atoms with Gasteiger partial charge in [0.1, 0.15) is 6.29 Å². The first-order chi connectivity index (χ1) is 16.3. The van der Waals surface area contributed by atoms with E-state index >= 15 is 0 Å². The van der Waals surface area contributed by atoms with Gasteiger partial charge in [0.15, 0.2) is 0 Å². The molecule has 0 aliphatic carbocycles. The average molecular weight is 462 g/mol. The number of aldehydes is 1. The number of aromatic nitrogens is 2. The predicted octanol–water partition coefficient (Wildman–Crippen LogP) is 6.39. The minimum absolute atomic E-state index is 0.00864. The number of fused-ring (bicyclic) bond motifs is 1. The van der Waals surface area contributed by atoms with Gasteiger partial charge in [0.05, 0.1) is 17.6 Å². The van der Waals surface area contributed by atoms with Crippen LogP contribution in [-0.4, -0.2) is 29.4 Å². The van der Waals surface area contributed by atoms with Crippen LogP contribution in [-0.2, 0) is 18.9 Å². The number of imidazole rings is 1. The van der Waals surface area contributed by atoms with Gasteiger partial charge in [0, 0.05) is 31.6 Å². The zero-order chi connectivity index (χ0) is 24.3. The molecule has 1 heterocycles. The van der Waals surface area contributed by atoms with E-state index in [-0.39, 0.29) is 12.1 Å². The van der Waals surface area contributed by atoms with Gasteiger partial charge in [-0.15, -0.1) is 0 Å². The first-order valence-corrected chi connectivity index (χ1v) is 11.4. The number of alkyl halides is 2. The van der Waals surface area contributed by atoms with E-state index in [0.717, 1.165) is 38.1 Å². The molecule has 0 N–H and O–H groups in total. The topological polar surface area (TPSA) is 38.1 Å². The van der Waals surface area contributed by atoms with Gasteiger partial charge in [-0.1, -0.05) is 54.1 Å². The van der Waals surface area contributed by atoms with Crippen molar-refractivity contribution in [2.45, 2.75) is 39.2 Å². The van der Waals surface area contributed by atoms with Crippen molar-refractivity contribution in [2.75, 3.05) is 18.5 Å². The summed E-state index contributed by atoms with van der Waals surface area (Å²) in [5.74, 6) is -2.26. The van der Waals surface area contributed by atoms with Gasteiger partial charge in [-0.3, -0.25) is 4.79 Å². The first kappa shape index (κ1) is 23.6. The highest BCUT2D eigenvalue weighted by Crippen LogP contribution is 2.32. The third kappa shape index (κ3) is 5.16. The lowest BCUT2D eigenvalue weighted by Gasteiger charge is -2.22. The van der Waals surface area contributed by atoms with Crippen molar-refractivity contribution >= 4 is 23.3 Å². The Morgan fingerprint density at radius 1 is 1.06 bits per heavy atom. The maximum absolute atomic E-state index is 14.3. The Labute approximate surface area is 198 Å². The molecule has 34 heavy (non-hydrogen) atoms. The fourth-order valence-electron chi connectivity index (χ4n) is 4.29. The first-order valence-electron chi connectivity index (χ1n) is 11.4.